The molecule has 0 fully saturated rings. The van der Waals surface area contributed by atoms with Crippen LogP contribution in [0, 0.1) is 0 Å². The molecule has 0 aliphatic rings. The van der Waals surface area contributed by atoms with Crippen LogP contribution < -0.4 is 0 Å². The highest BCUT2D eigenvalue weighted by molar-refractivity contribution is 9.09. The second kappa shape index (κ2) is 15.4. The van der Waals surface area contributed by atoms with Crippen molar-refractivity contribution in [2.24, 2.45) is 0 Å². The topological polar surface area (TPSA) is 9.23 Å². The summed E-state index contributed by atoms with van der Waals surface area (Å²) in [5, 5.41) is 1.04. The Kier molecular flexibility index (Phi) is 16.2. The van der Waals surface area contributed by atoms with Crippen LogP contribution in [0.5, 0.6) is 0 Å². The Labute approximate surface area is 137 Å². The Morgan fingerprint density at radius 2 is 1.47 bits per heavy atom. The number of hydrogen-bond acceptors (Lipinski definition) is 1. The van der Waals surface area contributed by atoms with E-state index in [2.05, 4.69) is 22.9 Å². The summed E-state index contributed by atoms with van der Waals surface area (Å²) in [4.78, 5) is -0.402. The lowest BCUT2D eigenvalue weighted by molar-refractivity contribution is 0.0465. The molecule has 0 aromatic heterocycles. The fraction of sp³-hybridized carbons (Fsp3) is 1.00. The highest BCUT2D eigenvalue weighted by Crippen LogP contribution is 2.16. The number of unbranched alkanes of at least 4 members (excludes halogenated alkanes) is 6. The summed E-state index contributed by atoms with van der Waals surface area (Å²) < 4.78 is 5.77. The predicted molar refractivity (Wildman–Crippen MR) is 90.9 cm³/mol. The molecule has 19 heavy (non-hydrogen) atoms. The lowest BCUT2D eigenvalue weighted by Gasteiger charge is -2.18. The highest BCUT2D eigenvalue weighted by Gasteiger charge is 2.10. The van der Waals surface area contributed by atoms with Crippen LogP contribution in [0.25, 0.3) is 0 Å². The molecule has 0 amide bonds. The molecule has 0 aliphatic carbocycles. The molecule has 0 aromatic carbocycles. The van der Waals surface area contributed by atoms with Gasteiger partial charge in [-0.15, -0.1) is 23.2 Å². The van der Waals surface area contributed by atoms with E-state index in [4.69, 9.17) is 27.9 Å². The third-order valence-electron chi connectivity index (χ3n) is 3.25. The molecule has 4 heteroatoms. The van der Waals surface area contributed by atoms with Crippen molar-refractivity contribution in [3.63, 3.8) is 0 Å². The van der Waals surface area contributed by atoms with Crippen molar-refractivity contribution >= 4 is 39.1 Å². The number of hydrogen-bond donors (Lipinski definition) is 0. The number of alkyl halides is 3. The van der Waals surface area contributed by atoms with Gasteiger partial charge in [0.05, 0.1) is 12.7 Å². The SMILES string of the molecule is CCCCCCCCCC(CCCBr)OCC(Cl)Cl. The lowest BCUT2D eigenvalue weighted by Crippen LogP contribution is -2.17. The molecule has 1 nitrogen and oxygen atoms in total. The minimum atomic E-state index is -0.402. The van der Waals surface area contributed by atoms with E-state index in [1.807, 2.05) is 0 Å². The zero-order chi connectivity index (χ0) is 14.3. The minimum absolute atomic E-state index is 0.327. The summed E-state index contributed by atoms with van der Waals surface area (Å²) in [7, 11) is 0. The van der Waals surface area contributed by atoms with E-state index >= 15 is 0 Å². The van der Waals surface area contributed by atoms with E-state index in [0.717, 1.165) is 24.6 Å². The smallest absolute Gasteiger partial charge is 0.131 e. The number of halogens is 3. The van der Waals surface area contributed by atoms with E-state index < -0.39 is 4.84 Å². The molecule has 1 atom stereocenters. The first-order valence-electron chi connectivity index (χ1n) is 7.66. The van der Waals surface area contributed by atoms with Crippen LogP contribution in [0.4, 0.5) is 0 Å². The molecule has 116 valence electrons. The monoisotopic (exact) mass is 374 g/mol. The fourth-order valence-corrected chi connectivity index (χ4v) is 2.62. The van der Waals surface area contributed by atoms with Crippen molar-refractivity contribution in [2.45, 2.75) is 82.1 Å². The third kappa shape index (κ3) is 15.2. The van der Waals surface area contributed by atoms with Gasteiger partial charge in [-0.2, -0.15) is 0 Å². The molecule has 0 N–H and O–H groups in total. The average Bonchev–Trinajstić information content (AvgIpc) is 2.39. The van der Waals surface area contributed by atoms with E-state index in [1.54, 1.807) is 0 Å². The van der Waals surface area contributed by atoms with Crippen LogP contribution in [0.2, 0.25) is 0 Å². The van der Waals surface area contributed by atoms with Crippen molar-refractivity contribution < 1.29 is 4.74 Å². The quantitative estimate of drug-likeness (QED) is 0.249. The molecular weight excluding hydrogens is 347 g/mol. The van der Waals surface area contributed by atoms with Crippen molar-refractivity contribution in [1.29, 1.82) is 0 Å². The van der Waals surface area contributed by atoms with Gasteiger partial charge >= 0.3 is 0 Å². The number of rotatable bonds is 14. The molecule has 0 radical (unpaired) electrons. The standard InChI is InChI=1S/C15H29BrCl2O/c1-2-3-4-5-6-7-8-10-14(11-9-12-16)19-13-15(17)18/h14-15H,2-13H2,1H3. The molecule has 0 heterocycles. The van der Waals surface area contributed by atoms with Crippen LogP contribution in [-0.2, 0) is 4.74 Å². The van der Waals surface area contributed by atoms with Crippen LogP contribution >= 0.6 is 39.1 Å². The molecule has 0 saturated heterocycles. The Balaban J connectivity index is 3.55. The van der Waals surface area contributed by atoms with Crippen molar-refractivity contribution in [3.05, 3.63) is 0 Å². The first kappa shape index (κ1) is 20.0. The Morgan fingerprint density at radius 3 is 2.05 bits per heavy atom. The van der Waals surface area contributed by atoms with E-state index in [0.29, 0.717) is 12.7 Å². The first-order chi connectivity index (χ1) is 9.20. The maximum Gasteiger partial charge on any atom is 0.131 e. The fourth-order valence-electron chi connectivity index (χ4n) is 2.15. The van der Waals surface area contributed by atoms with E-state index in [1.165, 1.54) is 44.9 Å². The van der Waals surface area contributed by atoms with Gasteiger partial charge < -0.3 is 4.74 Å². The maximum atomic E-state index is 5.77. The van der Waals surface area contributed by atoms with Crippen molar-refractivity contribution in [3.8, 4) is 0 Å². The first-order valence-corrected chi connectivity index (χ1v) is 9.65. The minimum Gasteiger partial charge on any atom is -0.375 e. The lowest BCUT2D eigenvalue weighted by atomic mass is 10.0. The summed E-state index contributed by atoms with van der Waals surface area (Å²) >= 11 is 14.9. The van der Waals surface area contributed by atoms with Gasteiger partial charge in [0.2, 0.25) is 0 Å². The Bertz CT molecular complexity index is 180. The zero-order valence-corrected chi connectivity index (χ0v) is 15.3. The van der Waals surface area contributed by atoms with E-state index in [9.17, 15) is 0 Å². The van der Waals surface area contributed by atoms with Crippen molar-refractivity contribution in [2.75, 3.05) is 11.9 Å². The van der Waals surface area contributed by atoms with Gasteiger partial charge in [0.25, 0.3) is 0 Å². The molecule has 0 spiro atoms. The molecule has 1 unspecified atom stereocenters. The Morgan fingerprint density at radius 1 is 0.895 bits per heavy atom. The van der Waals surface area contributed by atoms with Crippen LogP contribution in [-0.4, -0.2) is 22.9 Å². The van der Waals surface area contributed by atoms with Gasteiger partial charge in [0, 0.05) is 5.33 Å². The summed E-state index contributed by atoms with van der Waals surface area (Å²) in [6.45, 7) is 2.71. The summed E-state index contributed by atoms with van der Waals surface area (Å²) in [5.41, 5.74) is 0. The average molecular weight is 376 g/mol. The van der Waals surface area contributed by atoms with Gasteiger partial charge in [0.15, 0.2) is 0 Å². The predicted octanol–water partition coefficient (Wildman–Crippen LogP) is 6.49. The van der Waals surface area contributed by atoms with Gasteiger partial charge in [-0.05, 0) is 19.3 Å². The molecular formula is C15H29BrCl2O. The second-order valence-electron chi connectivity index (χ2n) is 5.09. The maximum absolute atomic E-state index is 5.77. The van der Waals surface area contributed by atoms with Crippen LogP contribution in [0.15, 0.2) is 0 Å². The normalized spacial score (nSPS) is 13.1. The van der Waals surface area contributed by atoms with Crippen LogP contribution in [0.1, 0.15) is 71.1 Å². The third-order valence-corrected chi connectivity index (χ3v) is 4.06. The largest absolute Gasteiger partial charge is 0.375 e. The molecule has 0 saturated carbocycles. The summed E-state index contributed by atoms with van der Waals surface area (Å²) in [6.07, 6.45) is 13.1. The highest BCUT2D eigenvalue weighted by atomic mass is 79.9. The molecule has 0 aromatic rings. The Hall–Kier alpha value is 1.02. The van der Waals surface area contributed by atoms with Gasteiger partial charge in [-0.25, -0.2) is 0 Å². The van der Waals surface area contributed by atoms with Gasteiger partial charge in [-0.1, -0.05) is 67.8 Å². The number of ether oxygens (including phenoxy) is 1. The summed E-state index contributed by atoms with van der Waals surface area (Å²) in [5.74, 6) is 0. The second-order valence-corrected chi connectivity index (χ2v) is 7.16. The van der Waals surface area contributed by atoms with Gasteiger partial charge in [0.1, 0.15) is 4.84 Å². The molecule has 0 aliphatic heterocycles. The summed E-state index contributed by atoms with van der Waals surface area (Å²) in [6, 6.07) is 0. The molecule has 0 bridgehead atoms. The van der Waals surface area contributed by atoms with Crippen LogP contribution in [0.3, 0.4) is 0 Å². The molecule has 0 rings (SSSR count). The van der Waals surface area contributed by atoms with Gasteiger partial charge in [-0.3, -0.25) is 0 Å². The zero-order valence-electron chi connectivity index (χ0n) is 12.2. The van der Waals surface area contributed by atoms with E-state index in [-0.39, 0.29) is 0 Å². The van der Waals surface area contributed by atoms with Crippen molar-refractivity contribution in [1.82, 2.24) is 0 Å².